The van der Waals surface area contributed by atoms with Gasteiger partial charge in [0, 0.05) is 18.9 Å². The fraction of sp³-hybridized carbons (Fsp3) is 0.667. The zero-order valence-corrected chi connectivity index (χ0v) is 12.3. The van der Waals surface area contributed by atoms with Gasteiger partial charge in [0.05, 0.1) is 5.69 Å². The van der Waals surface area contributed by atoms with Crippen molar-refractivity contribution in [2.75, 3.05) is 25.9 Å². The molecule has 1 aromatic rings. The number of rotatable bonds is 5. The van der Waals surface area contributed by atoms with E-state index in [0.717, 1.165) is 42.8 Å². The largest absolute Gasteiger partial charge is 0.317 e. The molecular weight excluding hydrogens is 268 g/mol. The van der Waals surface area contributed by atoms with Gasteiger partial charge in [-0.2, -0.15) is 0 Å². The maximum Gasteiger partial charge on any atom is 0.119 e. The van der Waals surface area contributed by atoms with E-state index in [1.165, 1.54) is 12.8 Å². The van der Waals surface area contributed by atoms with Gasteiger partial charge in [0.2, 0.25) is 0 Å². The molecule has 0 aliphatic carbocycles. The number of nitrogens with zero attached hydrogens (tertiary/aromatic N) is 2. The summed E-state index contributed by atoms with van der Waals surface area (Å²) in [7, 11) is 0. The number of hydrogen-bond donors (Lipinski definition) is 2. The van der Waals surface area contributed by atoms with Crippen LogP contribution >= 0.6 is 24.2 Å². The van der Waals surface area contributed by atoms with Crippen LogP contribution in [-0.4, -0.2) is 35.9 Å². The van der Waals surface area contributed by atoms with Crippen molar-refractivity contribution in [2.24, 2.45) is 5.92 Å². The molecule has 0 amide bonds. The molecular formula is C12H21ClN4S. The van der Waals surface area contributed by atoms with Gasteiger partial charge in [-0.25, -0.2) is 4.98 Å². The summed E-state index contributed by atoms with van der Waals surface area (Å²) in [4.78, 5) is 8.69. The quantitative estimate of drug-likeness (QED) is 0.808. The Labute approximate surface area is 119 Å². The molecule has 2 N–H and O–H groups in total. The predicted molar refractivity (Wildman–Crippen MR) is 78.4 cm³/mol. The van der Waals surface area contributed by atoms with Crippen LogP contribution < -0.4 is 10.6 Å². The van der Waals surface area contributed by atoms with E-state index in [2.05, 4.69) is 20.6 Å². The number of aromatic nitrogens is 2. The van der Waals surface area contributed by atoms with Crippen molar-refractivity contribution in [2.45, 2.75) is 24.4 Å². The van der Waals surface area contributed by atoms with E-state index < -0.39 is 0 Å². The molecule has 1 fully saturated rings. The van der Waals surface area contributed by atoms with Crippen molar-refractivity contribution >= 4 is 24.2 Å². The minimum atomic E-state index is 0. The summed E-state index contributed by atoms with van der Waals surface area (Å²) in [6.07, 6.45) is 8.12. The lowest BCUT2D eigenvalue weighted by molar-refractivity contribution is 0.355. The Morgan fingerprint density at radius 1 is 1.33 bits per heavy atom. The Morgan fingerprint density at radius 2 is 2.06 bits per heavy atom. The Kier molecular flexibility index (Phi) is 7.58. The van der Waals surface area contributed by atoms with Crippen LogP contribution in [0.1, 0.15) is 18.5 Å². The van der Waals surface area contributed by atoms with Gasteiger partial charge in [0.1, 0.15) is 5.03 Å². The van der Waals surface area contributed by atoms with Crippen LogP contribution in [0.4, 0.5) is 0 Å². The summed E-state index contributed by atoms with van der Waals surface area (Å²) in [6.45, 7) is 4.24. The topological polar surface area (TPSA) is 49.8 Å². The van der Waals surface area contributed by atoms with Gasteiger partial charge < -0.3 is 10.6 Å². The minimum Gasteiger partial charge on any atom is -0.317 e. The van der Waals surface area contributed by atoms with Crippen molar-refractivity contribution in [3.63, 3.8) is 0 Å². The highest BCUT2D eigenvalue weighted by atomic mass is 35.5. The van der Waals surface area contributed by atoms with Crippen molar-refractivity contribution in [1.29, 1.82) is 0 Å². The van der Waals surface area contributed by atoms with Crippen LogP contribution in [0.15, 0.2) is 17.4 Å². The fourth-order valence-electron chi connectivity index (χ4n) is 2.13. The van der Waals surface area contributed by atoms with Gasteiger partial charge >= 0.3 is 0 Å². The first kappa shape index (κ1) is 15.7. The molecule has 4 nitrogen and oxygen atoms in total. The van der Waals surface area contributed by atoms with Crippen LogP contribution in [0.5, 0.6) is 0 Å². The summed E-state index contributed by atoms with van der Waals surface area (Å²) >= 11 is 1.66. The van der Waals surface area contributed by atoms with Gasteiger partial charge in [-0.1, -0.05) is 0 Å². The monoisotopic (exact) mass is 288 g/mol. The van der Waals surface area contributed by atoms with Gasteiger partial charge in [0.25, 0.3) is 0 Å². The Hall–Kier alpha value is -0.360. The van der Waals surface area contributed by atoms with Gasteiger partial charge in [-0.3, -0.25) is 4.98 Å². The third kappa shape index (κ3) is 4.72. The second-order valence-electron chi connectivity index (χ2n) is 4.34. The number of halogens is 1. The van der Waals surface area contributed by atoms with Gasteiger partial charge in [-0.05, 0) is 44.6 Å². The maximum atomic E-state index is 4.37. The van der Waals surface area contributed by atoms with Gasteiger partial charge in [-0.15, -0.1) is 24.2 Å². The molecule has 102 valence electrons. The molecule has 0 aromatic carbocycles. The molecule has 0 spiro atoms. The van der Waals surface area contributed by atoms with E-state index in [-0.39, 0.29) is 12.4 Å². The average Bonchev–Trinajstić information content (AvgIpc) is 2.40. The molecule has 1 aromatic heterocycles. The molecule has 18 heavy (non-hydrogen) atoms. The molecule has 2 heterocycles. The third-order valence-electron chi connectivity index (χ3n) is 3.11. The summed E-state index contributed by atoms with van der Waals surface area (Å²) in [5.41, 5.74) is 1.06. The molecule has 0 atom stereocenters. The summed E-state index contributed by atoms with van der Waals surface area (Å²) in [5, 5.41) is 7.92. The smallest absolute Gasteiger partial charge is 0.119 e. The van der Waals surface area contributed by atoms with Crippen molar-refractivity contribution in [1.82, 2.24) is 20.6 Å². The van der Waals surface area contributed by atoms with Crippen LogP contribution in [-0.2, 0) is 6.54 Å². The molecule has 0 radical (unpaired) electrons. The van der Waals surface area contributed by atoms with E-state index in [1.54, 1.807) is 24.2 Å². The first-order chi connectivity index (χ1) is 8.40. The van der Waals surface area contributed by atoms with Crippen LogP contribution in [0, 0.1) is 5.92 Å². The van der Waals surface area contributed by atoms with E-state index in [4.69, 9.17) is 0 Å². The fourth-order valence-corrected chi connectivity index (χ4v) is 2.65. The highest BCUT2D eigenvalue weighted by Gasteiger charge is 2.12. The molecule has 0 saturated carbocycles. The second-order valence-corrected chi connectivity index (χ2v) is 5.13. The maximum absolute atomic E-state index is 4.37. The lowest BCUT2D eigenvalue weighted by atomic mass is 9.98. The molecule has 6 heteroatoms. The first-order valence-corrected chi connectivity index (χ1v) is 7.38. The van der Waals surface area contributed by atoms with Crippen LogP contribution in [0.2, 0.25) is 0 Å². The number of thioether (sulfide) groups is 1. The number of piperidine rings is 1. The zero-order chi connectivity index (χ0) is 11.9. The van der Waals surface area contributed by atoms with E-state index in [1.807, 2.05) is 6.26 Å². The Morgan fingerprint density at radius 3 is 2.78 bits per heavy atom. The summed E-state index contributed by atoms with van der Waals surface area (Å²) < 4.78 is 0. The first-order valence-electron chi connectivity index (χ1n) is 6.15. The molecule has 1 aliphatic heterocycles. The van der Waals surface area contributed by atoms with Gasteiger partial charge in [0.15, 0.2) is 0 Å². The number of hydrogen-bond acceptors (Lipinski definition) is 5. The molecule has 0 bridgehead atoms. The molecule has 1 aliphatic rings. The van der Waals surface area contributed by atoms with Crippen LogP contribution in [0.3, 0.4) is 0 Å². The molecule has 0 unspecified atom stereocenters. The lowest BCUT2D eigenvalue weighted by Gasteiger charge is -2.22. The highest BCUT2D eigenvalue weighted by Crippen LogP contribution is 2.15. The van der Waals surface area contributed by atoms with E-state index in [9.17, 15) is 0 Å². The summed E-state index contributed by atoms with van der Waals surface area (Å²) in [5.74, 6) is 0.811. The SMILES string of the molecule is CSc1nccnc1CNCC1CCNCC1.Cl. The molecule has 1 saturated heterocycles. The average molecular weight is 289 g/mol. The minimum absolute atomic E-state index is 0. The number of nitrogens with one attached hydrogen (secondary N) is 2. The Balaban J connectivity index is 0.00000162. The lowest BCUT2D eigenvalue weighted by Crippen LogP contribution is -2.33. The summed E-state index contributed by atoms with van der Waals surface area (Å²) in [6, 6.07) is 0. The van der Waals surface area contributed by atoms with E-state index >= 15 is 0 Å². The van der Waals surface area contributed by atoms with Crippen molar-refractivity contribution in [3.05, 3.63) is 18.1 Å². The van der Waals surface area contributed by atoms with Crippen molar-refractivity contribution < 1.29 is 0 Å². The second kappa shape index (κ2) is 8.69. The zero-order valence-electron chi connectivity index (χ0n) is 10.7. The molecule has 2 rings (SSSR count). The standard InChI is InChI=1S/C12H20N4S.ClH/c1-17-12-11(15-6-7-16-12)9-14-8-10-2-4-13-5-3-10;/h6-7,10,13-14H,2-5,8-9H2,1H3;1H. The van der Waals surface area contributed by atoms with Crippen molar-refractivity contribution in [3.8, 4) is 0 Å². The normalized spacial score (nSPS) is 16.3. The van der Waals surface area contributed by atoms with Crippen LogP contribution in [0.25, 0.3) is 0 Å². The third-order valence-corrected chi connectivity index (χ3v) is 3.84. The van der Waals surface area contributed by atoms with E-state index in [0.29, 0.717) is 0 Å². The Bertz CT molecular complexity index is 345. The highest BCUT2D eigenvalue weighted by molar-refractivity contribution is 7.98. The predicted octanol–water partition coefficient (Wildman–Crippen LogP) is 1.71.